The first-order chi connectivity index (χ1) is 6.98. The van der Waals surface area contributed by atoms with Crippen LogP contribution >= 0.6 is 12.4 Å². The summed E-state index contributed by atoms with van der Waals surface area (Å²) in [5, 5.41) is 2.99. The van der Waals surface area contributed by atoms with Crippen LogP contribution in [0.3, 0.4) is 0 Å². The molecule has 0 unspecified atom stereocenters. The van der Waals surface area contributed by atoms with E-state index in [9.17, 15) is 13.2 Å². The van der Waals surface area contributed by atoms with Gasteiger partial charge in [-0.15, -0.1) is 12.4 Å². The maximum atomic E-state index is 12.6. The summed E-state index contributed by atoms with van der Waals surface area (Å²) in [4.78, 5) is 7.51. The molecule has 2 heterocycles. The average molecular weight is 254 g/mol. The van der Waals surface area contributed by atoms with Gasteiger partial charge in [0.25, 0.3) is 0 Å². The standard InChI is InChI=1S/C9H10F3N3.ClH/c1-5-14-7-4-13-3-2-6(7)8(15-5)9(10,11)12;/h13H,2-4H2,1H3;1H. The van der Waals surface area contributed by atoms with Gasteiger partial charge < -0.3 is 5.32 Å². The minimum Gasteiger partial charge on any atom is -0.311 e. The first kappa shape index (κ1) is 13.2. The molecule has 0 bridgehead atoms. The van der Waals surface area contributed by atoms with Gasteiger partial charge in [0.15, 0.2) is 5.69 Å². The third kappa shape index (κ3) is 2.44. The molecule has 16 heavy (non-hydrogen) atoms. The largest absolute Gasteiger partial charge is 0.433 e. The molecule has 0 fully saturated rings. The predicted molar refractivity (Wildman–Crippen MR) is 54.4 cm³/mol. The smallest absolute Gasteiger partial charge is 0.311 e. The summed E-state index contributed by atoms with van der Waals surface area (Å²) < 4.78 is 37.9. The van der Waals surface area contributed by atoms with E-state index in [2.05, 4.69) is 15.3 Å². The van der Waals surface area contributed by atoms with E-state index in [0.29, 0.717) is 25.2 Å². The third-order valence-electron chi connectivity index (χ3n) is 2.32. The number of hydrogen-bond acceptors (Lipinski definition) is 3. The Bertz CT molecular complexity index is 392. The number of nitrogens with one attached hydrogen (secondary N) is 1. The Labute approximate surface area is 96.9 Å². The quantitative estimate of drug-likeness (QED) is 0.767. The van der Waals surface area contributed by atoms with Crippen LogP contribution in [-0.4, -0.2) is 16.5 Å². The van der Waals surface area contributed by atoms with Crippen molar-refractivity contribution in [2.24, 2.45) is 0 Å². The van der Waals surface area contributed by atoms with E-state index in [1.807, 2.05) is 0 Å². The highest BCUT2D eigenvalue weighted by Crippen LogP contribution is 2.32. The molecule has 1 N–H and O–H groups in total. The fourth-order valence-corrected chi connectivity index (χ4v) is 1.72. The Balaban J connectivity index is 0.00000128. The Hall–Kier alpha value is -0.880. The van der Waals surface area contributed by atoms with Gasteiger partial charge in [0.05, 0.1) is 5.69 Å². The Morgan fingerprint density at radius 1 is 1.25 bits per heavy atom. The van der Waals surface area contributed by atoms with Gasteiger partial charge in [0.1, 0.15) is 5.82 Å². The van der Waals surface area contributed by atoms with E-state index in [1.165, 1.54) is 6.92 Å². The summed E-state index contributed by atoms with van der Waals surface area (Å²) in [7, 11) is 0. The molecule has 0 saturated carbocycles. The molecule has 0 radical (unpaired) electrons. The lowest BCUT2D eigenvalue weighted by atomic mass is 10.0. The lowest BCUT2D eigenvalue weighted by molar-refractivity contribution is -0.142. The topological polar surface area (TPSA) is 37.8 Å². The van der Waals surface area contributed by atoms with Gasteiger partial charge in [0.2, 0.25) is 0 Å². The second kappa shape index (κ2) is 4.55. The number of halogens is 4. The molecule has 2 rings (SSSR count). The van der Waals surface area contributed by atoms with Crippen LogP contribution in [-0.2, 0) is 19.1 Å². The second-order valence-electron chi connectivity index (χ2n) is 3.47. The molecule has 0 amide bonds. The van der Waals surface area contributed by atoms with E-state index in [1.54, 1.807) is 0 Å². The predicted octanol–water partition coefficient (Wildman–Crippen LogP) is 1.87. The summed E-state index contributed by atoms with van der Waals surface area (Å²) in [6.07, 6.45) is -4.04. The monoisotopic (exact) mass is 253 g/mol. The fraction of sp³-hybridized carbons (Fsp3) is 0.556. The van der Waals surface area contributed by atoms with E-state index < -0.39 is 11.9 Å². The first-order valence-electron chi connectivity index (χ1n) is 4.63. The summed E-state index contributed by atoms with van der Waals surface area (Å²) in [6, 6.07) is 0. The van der Waals surface area contributed by atoms with Crippen LogP contribution in [0.5, 0.6) is 0 Å². The molecule has 7 heteroatoms. The normalized spacial score (nSPS) is 15.2. The lowest BCUT2D eigenvalue weighted by Crippen LogP contribution is -2.29. The molecule has 1 aromatic rings. The zero-order chi connectivity index (χ0) is 11.1. The van der Waals surface area contributed by atoms with Gasteiger partial charge in [-0.3, -0.25) is 0 Å². The molecular weight excluding hydrogens is 243 g/mol. The highest BCUT2D eigenvalue weighted by molar-refractivity contribution is 5.85. The van der Waals surface area contributed by atoms with Crippen LogP contribution in [0, 0.1) is 6.92 Å². The number of alkyl halides is 3. The van der Waals surface area contributed by atoms with E-state index in [0.717, 1.165) is 0 Å². The van der Waals surface area contributed by atoms with Crippen LogP contribution < -0.4 is 5.32 Å². The number of fused-ring (bicyclic) bond motifs is 1. The van der Waals surface area contributed by atoms with Gasteiger partial charge in [0, 0.05) is 12.1 Å². The third-order valence-corrected chi connectivity index (χ3v) is 2.32. The highest BCUT2D eigenvalue weighted by atomic mass is 35.5. The molecule has 1 aliphatic rings. The molecular formula is C9H11ClF3N3. The number of hydrogen-bond donors (Lipinski definition) is 1. The zero-order valence-electron chi connectivity index (χ0n) is 8.56. The summed E-state index contributed by atoms with van der Waals surface area (Å²) in [5.41, 5.74) is -0.0561. The second-order valence-corrected chi connectivity index (χ2v) is 3.47. The molecule has 3 nitrogen and oxygen atoms in total. The lowest BCUT2D eigenvalue weighted by Gasteiger charge is -2.20. The molecule has 0 atom stereocenters. The van der Waals surface area contributed by atoms with Crippen molar-refractivity contribution >= 4 is 12.4 Å². The average Bonchev–Trinajstić information content (AvgIpc) is 2.15. The maximum absolute atomic E-state index is 12.6. The summed E-state index contributed by atoms with van der Waals surface area (Å²) >= 11 is 0. The molecule has 0 aromatic carbocycles. The van der Waals surface area contributed by atoms with Crippen molar-refractivity contribution < 1.29 is 13.2 Å². The van der Waals surface area contributed by atoms with Crippen molar-refractivity contribution in [3.8, 4) is 0 Å². The highest BCUT2D eigenvalue weighted by Gasteiger charge is 2.37. The van der Waals surface area contributed by atoms with Crippen molar-refractivity contribution in [2.45, 2.75) is 26.1 Å². The van der Waals surface area contributed by atoms with Gasteiger partial charge >= 0.3 is 6.18 Å². The SMILES string of the molecule is Cc1nc2c(c(C(F)(F)F)n1)CCNC2.Cl. The summed E-state index contributed by atoms with van der Waals surface area (Å²) in [5.74, 6) is 0.171. The van der Waals surface area contributed by atoms with E-state index in [4.69, 9.17) is 0 Å². The van der Waals surface area contributed by atoms with Crippen LogP contribution in [0.4, 0.5) is 13.2 Å². The van der Waals surface area contributed by atoms with Crippen molar-refractivity contribution in [1.82, 2.24) is 15.3 Å². The number of rotatable bonds is 0. The van der Waals surface area contributed by atoms with E-state index >= 15 is 0 Å². The Morgan fingerprint density at radius 3 is 2.56 bits per heavy atom. The van der Waals surface area contributed by atoms with Gasteiger partial charge in [-0.2, -0.15) is 13.2 Å². The van der Waals surface area contributed by atoms with Crippen molar-refractivity contribution in [3.05, 3.63) is 22.8 Å². The van der Waals surface area contributed by atoms with Gasteiger partial charge in [-0.1, -0.05) is 0 Å². The molecule has 1 aliphatic heterocycles. The van der Waals surface area contributed by atoms with Crippen LogP contribution in [0.1, 0.15) is 22.8 Å². The van der Waals surface area contributed by atoms with Crippen LogP contribution in [0.25, 0.3) is 0 Å². The minimum absolute atomic E-state index is 0. The van der Waals surface area contributed by atoms with Crippen molar-refractivity contribution in [2.75, 3.05) is 6.54 Å². The van der Waals surface area contributed by atoms with Gasteiger partial charge in [-0.05, 0) is 19.9 Å². The first-order valence-corrected chi connectivity index (χ1v) is 4.63. The molecule has 0 saturated heterocycles. The van der Waals surface area contributed by atoms with Crippen LogP contribution in [0.15, 0.2) is 0 Å². The number of aryl methyl sites for hydroxylation is 1. The Morgan fingerprint density at radius 2 is 1.94 bits per heavy atom. The van der Waals surface area contributed by atoms with E-state index in [-0.39, 0.29) is 23.8 Å². The number of aromatic nitrogens is 2. The van der Waals surface area contributed by atoms with Crippen LogP contribution in [0.2, 0.25) is 0 Å². The Kier molecular flexibility index (Phi) is 3.75. The molecule has 0 spiro atoms. The molecule has 1 aromatic heterocycles. The van der Waals surface area contributed by atoms with Crippen molar-refractivity contribution in [3.63, 3.8) is 0 Å². The zero-order valence-corrected chi connectivity index (χ0v) is 9.37. The summed E-state index contributed by atoms with van der Waals surface area (Å²) in [6.45, 7) is 2.41. The molecule has 0 aliphatic carbocycles. The van der Waals surface area contributed by atoms with Crippen molar-refractivity contribution in [1.29, 1.82) is 0 Å². The molecule has 90 valence electrons. The fourth-order valence-electron chi connectivity index (χ4n) is 1.72. The minimum atomic E-state index is -4.38. The maximum Gasteiger partial charge on any atom is 0.433 e. The number of nitrogens with zero attached hydrogens (tertiary/aromatic N) is 2. The van der Waals surface area contributed by atoms with Gasteiger partial charge in [-0.25, -0.2) is 9.97 Å².